The molecule has 130 valence electrons. The van der Waals surface area contributed by atoms with Crippen LogP contribution in [0.15, 0.2) is 54.6 Å². The molecule has 0 aromatic heterocycles. The molecule has 0 radical (unpaired) electrons. The van der Waals surface area contributed by atoms with Gasteiger partial charge in [-0.1, -0.05) is 48.5 Å². The smallest absolute Gasteiger partial charge is 0.238 e. The van der Waals surface area contributed by atoms with E-state index >= 15 is 0 Å². The SMILES string of the molecule is NC(=O)C1CCN(CC(=O)Nc2ccccc2-c2ccccc2)CC1. The van der Waals surface area contributed by atoms with Crippen LogP contribution in [-0.2, 0) is 9.59 Å². The number of nitrogens with two attached hydrogens (primary N) is 1. The lowest BCUT2D eigenvalue weighted by Crippen LogP contribution is -2.42. The summed E-state index contributed by atoms with van der Waals surface area (Å²) in [6.45, 7) is 1.78. The van der Waals surface area contributed by atoms with E-state index in [1.807, 2.05) is 54.6 Å². The number of hydrogen-bond donors (Lipinski definition) is 2. The first-order valence-electron chi connectivity index (χ1n) is 8.59. The van der Waals surface area contributed by atoms with Crippen molar-refractivity contribution in [3.8, 4) is 11.1 Å². The highest BCUT2D eigenvalue weighted by molar-refractivity contribution is 5.96. The van der Waals surface area contributed by atoms with E-state index in [1.165, 1.54) is 0 Å². The minimum Gasteiger partial charge on any atom is -0.369 e. The van der Waals surface area contributed by atoms with E-state index in [-0.39, 0.29) is 17.7 Å². The first-order chi connectivity index (χ1) is 12.1. The topological polar surface area (TPSA) is 75.4 Å². The molecule has 2 aromatic carbocycles. The van der Waals surface area contributed by atoms with Crippen LogP contribution in [0.1, 0.15) is 12.8 Å². The summed E-state index contributed by atoms with van der Waals surface area (Å²) in [5, 5.41) is 3.02. The fourth-order valence-corrected chi connectivity index (χ4v) is 3.23. The van der Waals surface area contributed by atoms with Crippen molar-refractivity contribution >= 4 is 17.5 Å². The Balaban J connectivity index is 1.62. The maximum atomic E-state index is 12.4. The number of carbonyl (C=O) groups excluding carboxylic acids is 2. The lowest BCUT2D eigenvalue weighted by atomic mass is 9.96. The van der Waals surface area contributed by atoms with Crippen molar-refractivity contribution in [2.45, 2.75) is 12.8 Å². The van der Waals surface area contributed by atoms with E-state index in [0.717, 1.165) is 42.7 Å². The number of para-hydroxylation sites is 1. The first kappa shape index (κ1) is 17.2. The molecule has 0 bridgehead atoms. The van der Waals surface area contributed by atoms with Crippen LogP contribution in [0, 0.1) is 5.92 Å². The van der Waals surface area contributed by atoms with Crippen LogP contribution in [0.4, 0.5) is 5.69 Å². The average Bonchev–Trinajstić information content (AvgIpc) is 2.63. The summed E-state index contributed by atoms with van der Waals surface area (Å²) in [5.41, 5.74) is 8.24. The Morgan fingerprint density at radius 1 is 1.00 bits per heavy atom. The Kier molecular flexibility index (Phi) is 5.46. The van der Waals surface area contributed by atoms with Crippen LogP contribution in [0.2, 0.25) is 0 Å². The Morgan fingerprint density at radius 2 is 1.64 bits per heavy atom. The summed E-state index contributed by atoms with van der Waals surface area (Å²) in [5.74, 6) is -0.333. The van der Waals surface area contributed by atoms with Crippen LogP contribution < -0.4 is 11.1 Å². The van der Waals surface area contributed by atoms with Crippen molar-refractivity contribution < 1.29 is 9.59 Å². The number of carbonyl (C=O) groups is 2. The zero-order valence-corrected chi connectivity index (χ0v) is 14.2. The first-order valence-corrected chi connectivity index (χ1v) is 8.59. The largest absolute Gasteiger partial charge is 0.369 e. The van der Waals surface area contributed by atoms with Gasteiger partial charge < -0.3 is 11.1 Å². The molecule has 1 fully saturated rings. The van der Waals surface area contributed by atoms with Crippen molar-refractivity contribution in [1.29, 1.82) is 0 Å². The molecule has 0 atom stereocenters. The number of likely N-dealkylation sites (tertiary alicyclic amines) is 1. The quantitative estimate of drug-likeness (QED) is 0.880. The van der Waals surface area contributed by atoms with Crippen LogP contribution in [0.5, 0.6) is 0 Å². The van der Waals surface area contributed by atoms with Gasteiger partial charge in [-0.2, -0.15) is 0 Å². The van der Waals surface area contributed by atoms with Crippen LogP contribution >= 0.6 is 0 Å². The molecule has 1 aliphatic heterocycles. The van der Waals surface area contributed by atoms with Crippen molar-refractivity contribution in [2.24, 2.45) is 11.7 Å². The van der Waals surface area contributed by atoms with Gasteiger partial charge in [0.05, 0.1) is 6.54 Å². The van der Waals surface area contributed by atoms with Crippen LogP contribution in [0.3, 0.4) is 0 Å². The number of piperidine rings is 1. The lowest BCUT2D eigenvalue weighted by Gasteiger charge is -2.29. The van der Waals surface area contributed by atoms with Gasteiger partial charge in [-0.3, -0.25) is 14.5 Å². The molecule has 25 heavy (non-hydrogen) atoms. The Bertz CT molecular complexity index is 738. The lowest BCUT2D eigenvalue weighted by molar-refractivity contribution is -0.123. The molecule has 1 saturated heterocycles. The molecule has 0 unspecified atom stereocenters. The summed E-state index contributed by atoms with van der Waals surface area (Å²) < 4.78 is 0. The zero-order chi connectivity index (χ0) is 17.6. The van der Waals surface area contributed by atoms with E-state index < -0.39 is 0 Å². The molecule has 5 nitrogen and oxygen atoms in total. The maximum Gasteiger partial charge on any atom is 0.238 e. The molecule has 3 N–H and O–H groups in total. The number of anilines is 1. The van der Waals surface area contributed by atoms with Crippen LogP contribution in [0.25, 0.3) is 11.1 Å². The molecule has 2 aromatic rings. The Hall–Kier alpha value is -2.66. The van der Waals surface area contributed by atoms with E-state index in [9.17, 15) is 9.59 Å². The third kappa shape index (κ3) is 4.45. The monoisotopic (exact) mass is 337 g/mol. The highest BCUT2D eigenvalue weighted by Gasteiger charge is 2.24. The van der Waals surface area contributed by atoms with E-state index in [0.29, 0.717) is 6.54 Å². The molecule has 0 spiro atoms. The number of amides is 2. The fraction of sp³-hybridized carbons (Fsp3) is 0.300. The Morgan fingerprint density at radius 3 is 2.32 bits per heavy atom. The molecule has 5 heteroatoms. The molecule has 1 aliphatic rings. The number of hydrogen-bond acceptors (Lipinski definition) is 3. The van der Waals surface area contributed by atoms with Gasteiger partial charge in [-0.25, -0.2) is 0 Å². The second-order valence-electron chi connectivity index (χ2n) is 6.41. The minimum absolute atomic E-state index is 0.0408. The number of nitrogens with one attached hydrogen (secondary N) is 1. The second-order valence-corrected chi connectivity index (χ2v) is 6.41. The normalized spacial score (nSPS) is 15.7. The zero-order valence-electron chi connectivity index (χ0n) is 14.2. The second kappa shape index (κ2) is 7.94. The van der Waals surface area contributed by atoms with Gasteiger partial charge in [-0.15, -0.1) is 0 Å². The van der Waals surface area contributed by atoms with Crippen molar-refractivity contribution in [1.82, 2.24) is 4.90 Å². The van der Waals surface area contributed by atoms with Crippen molar-refractivity contribution in [2.75, 3.05) is 25.0 Å². The molecular formula is C20H23N3O2. The highest BCUT2D eigenvalue weighted by atomic mass is 16.2. The standard InChI is InChI=1S/C20H23N3O2/c21-20(25)16-10-12-23(13-11-16)14-19(24)22-18-9-5-4-8-17(18)15-6-2-1-3-7-15/h1-9,16H,10-14H2,(H2,21,25)(H,22,24). The van der Waals surface area contributed by atoms with Crippen LogP contribution in [-0.4, -0.2) is 36.3 Å². The third-order valence-electron chi connectivity index (χ3n) is 4.64. The van der Waals surface area contributed by atoms with Gasteiger partial charge in [-0.05, 0) is 37.6 Å². The summed E-state index contributed by atoms with van der Waals surface area (Å²) in [6.07, 6.45) is 1.45. The summed E-state index contributed by atoms with van der Waals surface area (Å²) >= 11 is 0. The molecule has 3 rings (SSSR count). The van der Waals surface area contributed by atoms with Gasteiger partial charge in [0.15, 0.2) is 0 Å². The minimum atomic E-state index is -0.235. The molecule has 0 saturated carbocycles. The molecule has 1 heterocycles. The number of benzene rings is 2. The van der Waals surface area contributed by atoms with Gasteiger partial charge in [0.2, 0.25) is 11.8 Å². The molecular weight excluding hydrogens is 314 g/mol. The van der Waals surface area contributed by atoms with E-state index in [4.69, 9.17) is 5.73 Å². The van der Waals surface area contributed by atoms with Gasteiger partial charge >= 0.3 is 0 Å². The van der Waals surface area contributed by atoms with Crippen molar-refractivity contribution in [3.63, 3.8) is 0 Å². The summed E-state index contributed by atoms with van der Waals surface area (Å²) in [7, 11) is 0. The third-order valence-corrected chi connectivity index (χ3v) is 4.64. The predicted molar refractivity (Wildman–Crippen MR) is 98.9 cm³/mol. The predicted octanol–water partition coefficient (Wildman–Crippen LogP) is 2.49. The Labute approximate surface area is 147 Å². The number of primary amides is 1. The molecule has 2 amide bonds. The van der Waals surface area contributed by atoms with E-state index in [2.05, 4.69) is 10.2 Å². The van der Waals surface area contributed by atoms with Crippen molar-refractivity contribution in [3.05, 3.63) is 54.6 Å². The van der Waals surface area contributed by atoms with Gasteiger partial charge in [0.25, 0.3) is 0 Å². The maximum absolute atomic E-state index is 12.4. The molecule has 0 aliphatic carbocycles. The average molecular weight is 337 g/mol. The summed E-state index contributed by atoms with van der Waals surface area (Å²) in [6, 6.07) is 17.8. The summed E-state index contributed by atoms with van der Waals surface area (Å²) in [4.78, 5) is 25.7. The fourth-order valence-electron chi connectivity index (χ4n) is 3.23. The number of rotatable bonds is 5. The van der Waals surface area contributed by atoms with Gasteiger partial charge in [0, 0.05) is 17.2 Å². The van der Waals surface area contributed by atoms with E-state index in [1.54, 1.807) is 0 Å². The van der Waals surface area contributed by atoms with Gasteiger partial charge in [0.1, 0.15) is 0 Å². The highest BCUT2D eigenvalue weighted by Crippen LogP contribution is 2.27. The number of nitrogens with zero attached hydrogens (tertiary/aromatic N) is 1.